The molecular formula is C72H102N6O25. The molecule has 6 fully saturated rings. The van der Waals surface area contributed by atoms with Gasteiger partial charge in [-0.15, -0.1) is 0 Å². The molecule has 570 valence electrons. The molecule has 6 aliphatic heterocycles. The number of carbonyl (C=O) groups excluding carboxylic acids is 12. The first-order valence-corrected chi connectivity index (χ1v) is 32.7. The first-order valence-electron chi connectivity index (χ1n) is 32.7. The van der Waals surface area contributed by atoms with Crippen LogP contribution in [0.4, 0.5) is 0 Å². The van der Waals surface area contributed by atoms with E-state index in [1.54, 1.807) is 7.11 Å². The van der Waals surface area contributed by atoms with Gasteiger partial charge in [-0.05, 0) is 84.0 Å². The molecule has 0 amide bonds. The summed E-state index contributed by atoms with van der Waals surface area (Å²) in [7, 11) is 11.0. The number of methoxy groups -OCH3 is 7. The predicted octanol–water partition coefficient (Wildman–Crippen LogP) is 4.58. The van der Waals surface area contributed by atoms with Crippen molar-refractivity contribution in [1.29, 1.82) is 0 Å². The molecule has 6 atom stereocenters. The minimum absolute atomic E-state index is 0.119. The van der Waals surface area contributed by atoms with Gasteiger partial charge in [0.25, 0.3) is 0 Å². The number of likely N-dealkylation sites (N-methyl/N-ethyl adjacent to an activating group) is 2. The van der Waals surface area contributed by atoms with Crippen LogP contribution in [0.2, 0.25) is 0 Å². The summed E-state index contributed by atoms with van der Waals surface area (Å²) in [4.78, 5) is 138. The molecule has 0 spiro atoms. The number of ether oxygens (including phenoxy) is 13. The zero-order valence-corrected chi connectivity index (χ0v) is 60.5. The Bertz CT molecular complexity index is 2960. The first-order chi connectivity index (χ1) is 49.0. The van der Waals surface area contributed by atoms with Gasteiger partial charge in [0.1, 0.15) is 39.6 Å². The van der Waals surface area contributed by atoms with E-state index in [4.69, 9.17) is 33.2 Å². The molecule has 6 saturated heterocycles. The zero-order chi connectivity index (χ0) is 77.2. The van der Waals surface area contributed by atoms with E-state index in [0.717, 1.165) is 197 Å². The summed E-state index contributed by atoms with van der Waals surface area (Å²) < 4.78 is 61.2. The van der Waals surface area contributed by atoms with Crippen LogP contribution in [-0.2, 0) is 119 Å². The highest BCUT2D eigenvalue weighted by molar-refractivity contribution is 5.94. The lowest BCUT2D eigenvalue weighted by Crippen LogP contribution is -2.35. The third kappa shape index (κ3) is 41.0. The largest absolute Gasteiger partial charge is 0.466 e. The molecular weight excluding hydrogens is 1350 g/mol. The Balaban J connectivity index is 0.000000619. The number of hydrogen-bond acceptors (Lipinski definition) is 31. The van der Waals surface area contributed by atoms with Crippen molar-refractivity contribution >= 4 is 71.6 Å². The molecule has 0 aromatic heterocycles. The molecule has 3 N–H and O–H groups in total. The fourth-order valence-corrected chi connectivity index (χ4v) is 9.61. The SMILES string of the molecule is C=C1CCC(COC(=O)/C=C/C(=O)OC)N1.C=C1CCC(COC(=O)/C=C/C(=O)OC)N1C.C=C1CCC(COC(=O)/C=C/C(=O)OC)N1CC.C=C1CCC(COC(=O)/C=C/C(=O)OC)N1CCOC.C=C1CC[C@@H](COC(=O)/C=C/C(=O)OC)N1.C=C1CC[C@H](COC(=O)/C=C/C(=O)OC)N1. The first kappa shape index (κ1) is 90.3. The number of nitrogens with one attached hydrogen (secondary N) is 3. The summed E-state index contributed by atoms with van der Waals surface area (Å²) in [6.45, 7) is 29.2. The van der Waals surface area contributed by atoms with Crippen LogP contribution in [0.3, 0.4) is 0 Å². The Morgan fingerprint density at radius 1 is 0.340 bits per heavy atom. The molecule has 31 heteroatoms. The van der Waals surface area contributed by atoms with E-state index in [0.29, 0.717) is 19.8 Å². The van der Waals surface area contributed by atoms with E-state index in [1.165, 1.54) is 42.7 Å². The summed E-state index contributed by atoms with van der Waals surface area (Å²) in [5.41, 5.74) is 6.07. The van der Waals surface area contributed by atoms with Crippen LogP contribution < -0.4 is 16.0 Å². The van der Waals surface area contributed by atoms with Gasteiger partial charge in [0.05, 0.1) is 85.5 Å². The molecule has 0 aromatic rings. The smallest absolute Gasteiger partial charge is 0.331 e. The fourth-order valence-electron chi connectivity index (χ4n) is 9.61. The summed E-state index contributed by atoms with van der Waals surface area (Å²) >= 11 is 0. The van der Waals surface area contributed by atoms with Gasteiger partial charge >= 0.3 is 71.6 Å². The molecule has 31 nitrogen and oxygen atoms in total. The van der Waals surface area contributed by atoms with E-state index >= 15 is 0 Å². The number of hydrogen-bond donors (Lipinski definition) is 3. The Kier molecular flexibility index (Phi) is 45.8. The van der Waals surface area contributed by atoms with Crippen molar-refractivity contribution in [1.82, 2.24) is 30.7 Å². The summed E-state index contributed by atoms with van der Waals surface area (Å²) in [5, 5.41) is 9.29. The van der Waals surface area contributed by atoms with Gasteiger partial charge in [0.2, 0.25) is 0 Å². The molecule has 0 aromatic carbocycles. The molecule has 6 rings (SSSR count). The number of carbonyl (C=O) groups is 12. The number of likely N-dealkylation sites (tertiary alicyclic amines) is 3. The maximum atomic E-state index is 11.4. The molecule has 6 heterocycles. The van der Waals surface area contributed by atoms with Crippen molar-refractivity contribution in [3.05, 3.63) is 147 Å². The maximum Gasteiger partial charge on any atom is 0.331 e. The Morgan fingerprint density at radius 3 is 0.825 bits per heavy atom. The standard InChI is InChI=1S/C14H21NO5.C13H19NO4.C12H17NO4.3C11H15NO4/c1-11-4-5-12(15(11)8-9-18-2)10-20-14(17)7-6-13(16)19-3;1-4-14-10(2)5-6-11(14)9-18-13(16)8-7-12(15)17-3;1-9-4-5-10(13(9)2)8-17-12(15)7-6-11(14)16-3;3*1-8-3-4-9(12-8)7-16-11(14)6-5-10(13)15-2/h6-7,12H,1,4-5,8-10H2,2-3H3;7-8,11H,2,4-6,9H2,1,3H3;6-7,10H,1,4-5,8H2,2-3H3;3*5-6,9,12H,1,3-4,7H2,2H3/b7-6+;8-7+;7-6+;3*6-5+/t;;;2*9-;/m...10./s1. The van der Waals surface area contributed by atoms with Crippen molar-refractivity contribution in [3.63, 3.8) is 0 Å². The third-order valence-electron chi connectivity index (χ3n) is 15.4. The van der Waals surface area contributed by atoms with Gasteiger partial charge in [-0.2, -0.15) is 0 Å². The van der Waals surface area contributed by atoms with Crippen LogP contribution in [0.15, 0.2) is 147 Å². The molecule has 6 aliphatic rings. The van der Waals surface area contributed by atoms with Crippen molar-refractivity contribution in [2.75, 3.05) is 116 Å². The number of esters is 12. The quantitative estimate of drug-likeness (QED) is 0.0548. The average molecular weight is 1450 g/mol. The maximum absolute atomic E-state index is 11.4. The molecule has 0 saturated carbocycles. The Labute approximate surface area is 602 Å². The normalized spacial score (nSPS) is 19.4. The lowest BCUT2D eigenvalue weighted by molar-refractivity contribution is -0.140. The fraction of sp³-hybridized carbons (Fsp3) is 0.500. The van der Waals surface area contributed by atoms with Gasteiger partial charge in [-0.1, -0.05) is 39.5 Å². The van der Waals surface area contributed by atoms with E-state index in [2.05, 4.69) is 93.6 Å². The van der Waals surface area contributed by atoms with Crippen molar-refractivity contribution < 1.29 is 119 Å². The Morgan fingerprint density at radius 2 is 0.583 bits per heavy atom. The number of allylic oxidation sites excluding steroid dienone is 6. The molecule has 0 radical (unpaired) electrons. The second-order valence-corrected chi connectivity index (χ2v) is 22.7. The zero-order valence-electron chi connectivity index (χ0n) is 60.5. The summed E-state index contributed by atoms with van der Waals surface area (Å²) in [6, 6.07) is 0.873. The molecule has 103 heavy (non-hydrogen) atoms. The van der Waals surface area contributed by atoms with Gasteiger partial charge in [0.15, 0.2) is 0 Å². The highest BCUT2D eigenvalue weighted by atomic mass is 16.6. The second-order valence-electron chi connectivity index (χ2n) is 22.7. The van der Waals surface area contributed by atoms with E-state index < -0.39 is 71.6 Å². The highest BCUT2D eigenvalue weighted by Crippen LogP contribution is 2.27. The lowest BCUT2D eigenvalue weighted by atomic mass is 10.2. The van der Waals surface area contributed by atoms with Gasteiger partial charge < -0.3 is 92.2 Å². The van der Waals surface area contributed by atoms with Crippen molar-refractivity contribution in [3.8, 4) is 0 Å². The summed E-state index contributed by atoms with van der Waals surface area (Å²) in [5.74, 6) is -6.76. The molecule has 0 aliphatic carbocycles. The average Bonchev–Trinajstić information content (AvgIpc) is 1.74. The third-order valence-corrected chi connectivity index (χ3v) is 15.4. The van der Waals surface area contributed by atoms with Crippen LogP contribution in [0.25, 0.3) is 0 Å². The van der Waals surface area contributed by atoms with E-state index in [1.807, 2.05) is 18.9 Å². The lowest BCUT2D eigenvalue weighted by Gasteiger charge is -2.26. The van der Waals surface area contributed by atoms with Crippen LogP contribution in [0.1, 0.15) is 84.0 Å². The number of rotatable bonds is 28. The van der Waals surface area contributed by atoms with Crippen LogP contribution in [0, 0.1) is 0 Å². The predicted molar refractivity (Wildman–Crippen MR) is 374 cm³/mol. The number of nitrogens with zero attached hydrogens (tertiary/aromatic N) is 3. The molecule has 4 unspecified atom stereocenters. The van der Waals surface area contributed by atoms with E-state index in [9.17, 15) is 57.5 Å². The van der Waals surface area contributed by atoms with Crippen molar-refractivity contribution in [2.45, 2.75) is 120 Å². The topological polar surface area (TPSA) is 371 Å². The van der Waals surface area contributed by atoms with Gasteiger partial charge in [-0.3, -0.25) is 0 Å². The summed E-state index contributed by atoms with van der Waals surface area (Å²) in [6.07, 6.45) is 23.6. The second kappa shape index (κ2) is 52.3. The minimum atomic E-state index is -0.585. The van der Waals surface area contributed by atoms with Gasteiger partial charge in [0, 0.05) is 134 Å². The Hall–Kier alpha value is -10.7. The van der Waals surface area contributed by atoms with Crippen LogP contribution in [-0.4, -0.2) is 239 Å². The highest BCUT2D eigenvalue weighted by Gasteiger charge is 2.29. The van der Waals surface area contributed by atoms with Gasteiger partial charge in [-0.25, -0.2) is 57.5 Å². The van der Waals surface area contributed by atoms with Crippen molar-refractivity contribution in [2.24, 2.45) is 0 Å². The minimum Gasteiger partial charge on any atom is -0.466 e. The monoisotopic (exact) mass is 1450 g/mol. The van der Waals surface area contributed by atoms with Crippen LogP contribution >= 0.6 is 0 Å². The molecule has 0 bridgehead atoms. The van der Waals surface area contributed by atoms with E-state index in [-0.39, 0.29) is 62.7 Å². The van der Waals surface area contributed by atoms with Crippen LogP contribution in [0.5, 0.6) is 0 Å².